The maximum absolute atomic E-state index is 11.0. The minimum absolute atomic E-state index is 0.450. The summed E-state index contributed by atoms with van der Waals surface area (Å²) in [6.07, 6.45) is 3.21. The van der Waals surface area contributed by atoms with Crippen LogP contribution in [-0.2, 0) is 25.0 Å². The molecule has 0 radical (unpaired) electrons. The van der Waals surface area contributed by atoms with Crippen LogP contribution in [0.3, 0.4) is 0 Å². The zero-order valence-corrected chi connectivity index (χ0v) is 15.3. The molecule has 1 saturated heterocycles. The van der Waals surface area contributed by atoms with Crippen molar-refractivity contribution in [2.45, 2.75) is 43.9 Å². The van der Waals surface area contributed by atoms with Gasteiger partial charge in [-0.05, 0) is 48.4 Å². The summed E-state index contributed by atoms with van der Waals surface area (Å²) in [6, 6.07) is 14.0. The summed E-state index contributed by atoms with van der Waals surface area (Å²) in [5, 5.41) is 21.7. The molecule has 2 atom stereocenters. The van der Waals surface area contributed by atoms with Gasteiger partial charge in [0.05, 0.1) is 13.2 Å². The minimum atomic E-state index is -1.17. The number of β-amino-alcohol motifs (C(OH)–C–C–N with tert-alkyl or cyclic N) is 1. The summed E-state index contributed by atoms with van der Waals surface area (Å²) in [5.41, 5.74) is 3.63. The van der Waals surface area contributed by atoms with Gasteiger partial charge in [-0.25, -0.2) is 0 Å². The molecule has 1 heterocycles. The third kappa shape index (κ3) is 3.13. The highest BCUT2D eigenvalue weighted by molar-refractivity contribution is 5.45. The Labute approximate surface area is 155 Å². The van der Waals surface area contributed by atoms with Crippen molar-refractivity contribution in [2.75, 3.05) is 20.2 Å². The van der Waals surface area contributed by atoms with E-state index in [0.29, 0.717) is 13.0 Å². The van der Waals surface area contributed by atoms with E-state index >= 15 is 0 Å². The molecule has 2 N–H and O–H groups in total. The molecule has 1 fully saturated rings. The lowest BCUT2D eigenvalue weighted by Gasteiger charge is -2.42. The molecular formula is C22H27NO3. The fraction of sp³-hybridized carbons (Fsp3) is 0.455. The predicted octanol–water partition coefficient (Wildman–Crippen LogP) is 2.64. The van der Waals surface area contributed by atoms with Crippen molar-refractivity contribution in [1.82, 2.24) is 4.90 Å². The number of hydrogen-bond acceptors (Lipinski definition) is 4. The molecule has 0 saturated carbocycles. The minimum Gasteiger partial charge on any atom is -0.496 e. The maximum Gasteiger partial charge on any atom is 0.123 e. The Morgan fingerprint density at radius 1 is 1.15 bits per heavy atom. The number of fused-ring (bicyclic) bond motifs is 1. The Morgan fingerprint density at radius 3 is 2.58 bits per heavy atom. The van der Waals surface area contributed by atoms with Crippen LogP contribution in [0.25, 0.3) is 0 Å². The van der Waals surface area contributed by atoms with Crippen LogP contribution < -0.4 is 4.74 Å². The van der Waals surface area contributed by atoms with E-state index < -0.39 is 11.7 Å². The van der Waals surface area contributed by atoms with Crippen LogP contribution in [0, 0.1) is 0 Å². The average Bonchev–Trinajstić information content (AvgIpc) is 3.12. The molecule has 0 bridgehead atoms. The number of piperidine rings is 1. The number of methoxy groups -OCH3 is 1. The standard InChI is InChI=1S/C22H27NO3/c1-26-20-13-17-7-5-6-16(17)12-18(20)14-23-11-10-22(25,21(24)15-23)19-8-3-2-4-9-19/h2-4,8-9,12-13,21,24-25H,5-7,10-11,14-15H2,1H3/t21-,22-/m0/s1. The van der Waals surface area contributed by atoms with Gasteiger partial charge in [-0.3, -0.25) is 4.90 Å². The molecule has 1 aliphatic carbocycles. The second kappa shape index (κ2) is 7.03. The van der Waals surface area contributed by atoms with Crippen molar-refractivity contribution in [2.24, 2.45) is 0 Å². The fourth-order valence-electron chi connectivity index (χ4n) is 4.40. The second-order valence-corrected chi connectivity index (χ2v) is 7.58. The van der Waals surface area contributed by atoms with Gasteiger partial charge in [0, 0.05) is 25.2 Å². The molecular weight excluding hydrogens is 326 g/mol. The number of aliphatic hydroxyl groups excluding tert-OH is 1. The third-order valence-corrected chi connectivity index (χ3v) is 5.95. The Balaban J connectivity index is 1.50. The van der Waals surface area contributed by atoms with E-state index in [1.165, 1.54) is 23.1 Å². The number of ether oxygens (including phenoxy) is 1. The summed E-state index contributed by atoms with van der Waals surface area (Å²) >= 11 is 0. The van der Waals surface area contributed by atoms with Crippen LogP contribution in [-0.4, -0.2) is 41.4 Å². The van der Waals surface area contributed by atoms with Crippen LogP contribution in [0.1, 0.15) is 35.1 Å². The zero-order chi connectivity index (χ0) is 18.1. The van der Waals surface area contributed by atoms with Crippen molar-refractivity contribution >= 4 is 0 Å². The number of likely N-dealkylation sites (tertiary alicyclic amines) is 1. The van der Waals surface area contributed by atoms with Gasteiger partial charge in [-0.15, -0.1) is 0 Å². The smallest absolute Gasteiger partial charge is 0.123 e. The lowest BCUT2D eigenvalue weighted by Crippen LogP contribution is -2.53. The molecule has 1 aliphatic heterocycles. The first-order valence-electron chi connectivity index (χ1n) is 9.47. The Bertz CT molecular complexity index is 776. The number of nitrogens with zero attached hydrogens (tertiary/aromatic N) is 1. The van der Waals surface area contributed by atoms with Gasteiger partial charge in [0.2, 0.25) is 0 Å². The molecule has 2 aliphatic rings. The maximum atomic E-state index is 11.0. The third-order valence-electron chi connectivity index (χ3n) is 5.95. The lowest BCUT2D eigenvalue weighted by molar-refractivity contribution is -0.126. The monoisotopic (exact) mass is 353 g/mol. The molecule has 0 spiro atoms. The molecule has 0 amide bonds. The highest BCUT2D eigenvalue weighted by atomic mass is 16.5. The topological polar surface area (TPSA) is 52.9 Å². The Kier molecular flexibility index (Phi) is 4.74. The largest absolute Gasteiger partial charge is 0.496 e. The van der Waals surface area contributed by atoms with Crippen molar-refractivity contribution in [3.05, 3.63) is 64.7 Å². The molecule has 0 unspecified atom stereocenters. The molecule has 4 heteroatoms. The highest BCUT2D eigenvalue weighted by Gasteiger charge is 2.42. The van der Waals surface area contributed by atoms with Crippen LogP contribution in [0.2, 0.25) is 0 Å². The van der Waals surface area contributed by atoms with Gasteiger partial charge in [-0.2, -0.15) is 0 Å². The average molecular weight is 353 g/mol. The van der Waals surface area contributed by atoms with Crippen molar-refractivity contribution in [3.63, 3.8) is 0 Å². The van der Waals surface area contributed by atoms with E-state index in [1.54, 1.807) is 7.11 Å². The van der Waals surface area contributed by atoms with E-state index in [9.17, 15) is 10.2 Å². The van der Waals surface area contributed by atoms with Crippen LogP contribution >= 0.6 is 0 Å². The molecule has 2 aromatic carbocycles. The number of rotatable bonds is 4. The molecule has 4 nitrogen and oxygen atoms in total. The summed E-state index contributed by atoms with van der Waals surface area (Å²) in [5.74, 6) is 0.934. The number of aryl methyl sites for hydroxylation is 2. The Morgan fingerprint density at radius 2 is 1.88 bits per heavy atom. The predicted molar refractivity (Wildman–Crippen MR) is 101 cm³/mol. The van der Waals surface area contributed by atoms with Crippen molar-refractivity contribution < 1.29 is 14.9 Å². The summed E-state index contributed by atoms with van der Waals surface area (Å²) in [4.78, 5) is 2.21. The van der Waals surface area contributed by atoms with Gasteiger partial charge in [0.1, 0.15) is 11.4 Å². The van der Waals surface area contributed by atoms with Gasteiger partial charge >= 0.3 is 0 Å². The molecule has 0 aromatic heterocycles. The van der Waals surface area contributed by atoms with Crippen LogP contribution in [0.15, 0.2) is 42.5 Å². The second-order valence-electron chi connectivity index (χ2n) is 7.58. The van der Waals surface area contributed by atoms with Gasteiger partial charge in [-0.1, -0.05) is 36.4 Å². The van der Waals surface area contributed by atoms with E-state index in [-0.39, 0.29) is 0 Å². The van der Waals surface area contributed by atoms with Crippen LogP contribution in [0.4, 0.5) is 0 Å². The molecule has 2 aromatic rings. The first-order chi connectivity index (χ1) is 12.6. The molecule has 4 rings (SSSR count). The Hall–Kier alpha value is -1.88. The fourth-order valence-corrected chi connectivity index (χ4v) is 4.40. The first-order valence-corrected chi connectivity index (χ1v) is 9.47. The summed E-state index contributed by atoms with van der Waals surface area (Å²) in [6.45, 7) is 1.92. The van der Waals surface area contributed by atoms with Crippen LogP contribution in [0.5, 0.6) is 5.75 Å². The molecule has 26 heavy (non-hydrogen) atoms. The highest BCUT2D eigenvalue weighted by Crippen LogP contribution is 2.35. The quantitative estimate of drug-likeness (QED) is 0.887. The number of benzene rings is 2. The first kappa shape index (κ1) is 17.5. The van der Waals surface area contributed by atoms with Crippen molar-refractivity contribution in [3.8, 4) is 5.75 Å². The summed E-state index contributed by atoms with van der Waals surface area (Å²) in [7, 11) is 1.72. The number of aliphatic hydroxyl groups is 2. The van der Waals surface area contributed by atoms with Gasteiger partial charge < -0.3 is 14.9 Å². The van der Waals surface area contributed by atoms with E-state index in [0.717, 1.165) is 37.2 Å². The van der Waals surface area contributed by atoms with Gasteiger partial charge in [0.15, 0.2) is 0 Å². The number of hydrogen-bond donors (Lipinski definition) is 2. The lowest BCUT2D eigenvalue weighted by atomic mass is 9.82. The zero-order valence-electron chi connectivity index (χ0n) is 15.3. The van der Waals surface area contributed by atoms with Crippen molar-refractivity contribution in [1.29, 1.82) is 0 Å². The molecule has 138 valence electrons. The van der Waals surface area contributed by atoms with Gasteiger partial charge in [0.25, 0.3) is 0 Å². The SMILES string of the molecule is COc1cc2c(cc1CN1CC[C@](O)(c3ccccc3)[C@@H](O)C1)CCC2. The summed E-state index contributed by atoms with van der Waals surface area (Å²) < 4.78 is 5.61. The van der Waals surface area contributed by atoms with E-state index in [4.69, 9.17) is 4.74 Å². The van der Waals surface area contributed by atoms with E-state index in [1.807, 2.05) is 30.3 Å². The normalized spacial score (nSPS) is 25.9. The van der Waals surface area contributed by atoms with E-state index in [2.05, 4.69) is 17.0 Å².